The average Bonchev–Trinajstić information content (AvgIpc) is 2.35. The van der Waals surface area contributed by atoms with Gasteiger partial charge in [0.15, 0.2) is 0 Å². The van der Waals surface area contributed by atoms with Gasteiger partial charge >= 0.3 is 0 Å². The molecule has 16 heavy (non-hydrogen) atoms. The number of nitrogens with one attached hydrogen (secondary N) is 1. The standard InChI is InChI=1S/C13H28N2O/c1-5-11(3)9-15(6-2)13-10-16-8-7-12(13)14-4/h11-14H,5-10H2,1-4H3. The average molecular weight is 228 g/mol. The lowest BCUT2D eigenvalue weighted by molar-refractivity contribution is -0.00430. The number of nitrogens with zero attached hydrogens (tertiary/aromatic N) is 1. The molecule has 0 aromatic rings. The molecule has 0 bridgehead atoms. The molecule has 3 unspecified atom stereocenters. The summed E-state index contributed by atoms with van der Waals surface area (Å²) >= 11 is 0. The number of ether oxygens (including phenoxy) is 1. The summed E-state index contributed by atoms with van der Waals surface area (Å²) in [5.41, 5.74) is 0. The van der Waals surface area contributed by atoms with Crippen molar-refractivity contribution in [2.24, 2.45) is 5.92 Å². The minimum Gasteiger partial charge on any atom is -0.380 e. The van der Waals surface area contributed by atoms with Gasteiger partial charge in [-0.05, 0) is 25.9 Å². The smallest absolute Gasteiger partial charge is 0.0637 e. The molecule has 3 atom stereocenters. The monoisotopic (exact) mass is 228 g/mol. The Hall–Kier alpha value is -0.120. The van der Waals surface area contributed by atoms with Crippen molar-refractivity contribution < 1.29 is 4.74 Å². The molecular formula is C13H28N2O. The Kier molecular flexibility index (Phi) is 6.32. The lowest BCUT2D eigenvalue weighted by Gasteiger charge is -2.40. The van der Waals surface area contributed by atoms with Gasteiger partial charge in [-0.2, -0.15) is 0 Å². The molecule has 1 rings (SSSR count). The van der Waals surface area contributed by atoms with E-state index in [2.05, 4.69) is 38.0 Å². The van der Waals surface area contributed by atoms with Gasteiger partial charge in [-0.25, -0.2) is 0 Å². The summed E-state index contributed by atoms with van der Waals surface area (Å²) < 4.78 is 5.63. The number of hydrogen-bond donors (Lipinski definition) is 1. The van der Waals surface area contributed by atoms with Gasteiger partial charge < -0.3 is 10.1 Å². The fraction of sp³-hybridized carbons (Fsp3) is 1.00. The summed E-state index contributed by atoms with van der Waals surface area (Å²) in [5.74, 6) is 0.777. The van der Waals surface area contributed by atoms with E-state index in [-0.39, 0.29) is 0 Å². The molecule has 1 aliphatic heterocycles. The molecule has 3 nitrogen and oxygen atoms in total. The maximum Gasteiger partial charge on any atom is 0.0637 e. The first-order valence-electron chi connectivity index (χ1n) is 6.71. The second-order valence-corrected chi connectivity index (χ2v) is 4.93. The predicted octanol–water partition coefficient (Wildman–Crippen LogP) is 1.73. The van der Waals surface area contributed by atoms with E-state index in [9.17, 15) is 0 Å². The van der Waals surface area contributed by atoms with Crippen molar-refractivity contribution in [3.05, 3.63) is 0 Å². The topological polar surface area (TPSA) is 24.5 Å². The quantitative estimate of drug-likeness (QED) is 0.749. The van der Waals surface area contributed by atoms with E-state index in [0.717, 1.165) is 32.1 Å². The molecule has 0 aromatic carbocycles. The zero-order chi connectivity index (χ0) is 12.0. The van der Waals surface area contributed by atoms with E-state index in [1.165, 1.54) is 13.0 Å². The molecule has 0 radical (unpaired) electrons. The lowest BCUT2D eigenvalue weighted by Crippen LogP contribution is -2.55. The van der Waals surface area contributed by atoms with Crippen molar-refractivity contribution in [1.82, 2.24) is 10.2 Å². The Balaban J connectivity index is 2.54. The third kappa shape index (κ3) is 3.72. The highest BCUT2D eigenvalue weighted by molar-refractivity contribution is 4.86. The van der Waals surface area contributed by atoms with Gasteiger partial charge in [-0.15, -0.1) is 0 Å². The molecule has 96 valence electrons. The van der Waals surface area contributed by atoms with E-state index >= 15 is 0 Å². The van der Waals surface area contributed by atoms with Crippen LogP contribution < -0.4 is 5.32 Å². The first kappa shape index (κ1) is 13.9. The van der Waals surface area contributed by atoms with Crippen molar-refractivity contribution in [2.45, 2.75) is 45.7 Å². The molecule has 0 saturated carbocycles. The van der Waals surface area contributed by atoms with Crippen molar-refractivity contribution in [2.75, 3.05) is 33.4 Å². The third-order valence-corrected chi connectivity index (χ3v) is 3.82. The molecule has 0 spiro atoms. The number of hydrogen-bond acceptors (Lipinski definition) is 3. The molecule has 1 fully saturated rings. The van der Waals surface area contributed by atoms with E-state index in [4.69, 9.17) is 4.74 Å². The van der Waals surface area contributed by atoms with Crippen LogP contribution in [0.1, 0.15) is 33.6 Å². The van der Waals surface area contributed by atoms with E-state index in [0.29, 0.717) is 12.1 Å². The van der Waals surface area contributed by atoms with Crippen LogP contribution in [-0.4, -0.2) is 50.3 Å². The second-order valence-electron chi connectivity index (χ2n) is 4.93. The van der Waals surface area contributed by atoms with Crippen molar-refractivity contribution in [3.8, 4) is 0 Å². The maximum atomic E-state index is 5.63. The Morgan fingerprint density at radius 3 is 2.75 bits per heavy atom. The van der Waals surface area contributed by atoms with Gasteiger partial charge in [-0.1, -0.05) is 27.2 Å². The highest BCUT2D eigenvalue weighted by atomic mass is 16.5. The maximum absolute atomic E-state index is 5.63. The van der Waals surface area contributed by atoms with Gasteiger partial charge in [0.1, 0.15) is 0 Å². The molecule has 1 N–H and O–H groups in total. The zero-order valence-electron chi connectivity index (χ0n) is 11.3. The molecule has 1 heterocycles. The van der Waals surface area contributed by atoms with Crippen LogP contribution in [0, 0.1) is 5.92 Å². The van der Waals surface area contributed by atoms with Gasteiger partial charge in [-0.3, -0.25) is 4.90 Å². The fourth-order valence-corrected chi connectivity index (χ4v) is 2.45. The number of rotatable bonds is 6. The van der Waals surface area contributed by atoms with Crippen LogP contribution in [0.4, 0.5) is 0 Å². The summed E-state index contributed by atoms with van der Waals surface area (Å²) in [6.45, 7) is 11.0. The first-order chi connectivity index (χ1) is 7.72. The second kappa shape index (κ2) is 7.25. The summed E-state index contributed by atoms with van der Waals surface area (Å²) in [5, 5.41) is 3.44. The Labute approximate surface area is 101 Å². The lowest BCUT2D eigenvalue weighted by atomic mass is 10.00. The van der Waals surface area contributed by atoms with Crippen LogP contribution in [0.3, 0.4) is 0 Å². The normalized spacial score (nSPS) is 28.3. The molecule has 1 aliphatic rings. The molecule has 0 amide bonds. The van der Waals surface area contributed by atoms with Crippen LogP contribution in [0.25, 0.3) is 0 Å². The Morgan fingerprint density at radius 1 is 1.44 bits per heavy atom. The van der Waals surface area contributed by atoms with Crippen LogP contribution in [0.2, 0.25) is 0 Å². The molecule has 3 heteroatoms. The van der Waals surface area contributed by atoms with E-state index in [1.54, 1.807) is 0 Å². The largest absolute Gasteiger partial charge is 0.380 e. The minimum absolute atomic E-state index is 0.553. The van der Waals surface area contributed by atoms with Crippen LogP contribution in [0.15, 0.2) is 0 Å². The SMILES string of the molecule is CCC(C)CN(CC)C1COCCC1NC. The Morgan fingerprint density at radius 2 is 2.19 bits per heavy atom. The number of likely N-dealkylation sites (N-methyl/N-ethyl adjacent to an activating group) is 2. The van der Waals surface area contributed by atoms with Crippen molar-refractivity contribution in [1.29, 1.82) is 0 Å². The van der Waals surface area contributed by atoms with Crippen LogP contribution >= 0.6 is 0 Å². The van der Waals surface area contributed by atoms with E-state index < -0.39 is 0 Å². The summed E-state index contributed by atoms with van der Waals surface area (Å²) in [6.07, 6.45) is 2.40. The van der Waals surface area contributed by atoms with Gasteiger partial charge in [0.05, 0.1) is 6.61 Å². The Bertz CT molecular complexity index is 187. The minimum atomic E-state index is 0.553. The van der Waals surface area contributed by atoms with Gasteiger partial charge in [0.2, 0.25) is 0 Å². The van der Waals surface area contributed by atoms with E-state index in [1.807, 2.05) is 0 Å². The summed E-state index contributed by atoms with van der Waals surface area (Å²) in [6, 6.07) is 1.15. The molecule has 1 saturated heterocycles. The van der Waals surface area contributed by atoms with Crippen LogP contribution in [-0.2, 0) is 4.74 Å². The van der Waals surface area contributed by atoms with Crippen molar-refractivity contribution in [3.63, 3.8) is 0 Å². The zero-order valence-corrected chi connectivity index (χ0v) is 11.3. The highest BCUT2D eigenvalue weighted by Gasteiger charge is 2.29. The third-order valence-electron chi connectivity index (χ3n) is 3.82. The molecule has 0 aliphatic carbocycles. The predicted molar refractivity (Wildman–Crippen MR) is 68.8 cm³/mol. The van der Waals surface area contributed by atoms with Gasteiger partial charge in [0.25, 0.3) is 0 Å². The molecular weight excluding hydrogens is 200 g/mol. The molecule has 0 aromatic heterocycles. The van der Waals surface area contributed by atoms with Crippen molar-refractivity contribution >= 4 is 0 Å². The fourth-order valence-electron chi connectivity index (χ4n) is 2.45. The summed E-state index contributed by atoms with van der Waals surface area (Å²) in [4.78, 5) is 2.58. The summed E-state index contributed by atoms with van der Waals surface area (Å²) in [7, 11) is 2.07. The van der Waals surface area contributed by atoms with Gasteiger partial charge in [0, 0.05) is 25.2 Å². The highest BCUT2D eigenvalue weighted by Crippen LogP contribution is 2.16. The first-order valence-corrected chi connectivity index (χ1v) is 6.71. The van der Waals surface area contributed by atoms with Crippen LogP contribution in [0.5, 0.6) is 0 Å².